The largest absolute Gasteiger partial charge is 0.488 e. The highest BCUT2D eigenvalue weighted by Crippen LogP contribution is 2.29. The van der Waals surface area contributed by atoms with E-state index in [1.807, 2.05) is 0 Å². The number of nitrogens with zero attached hydrogens (tertiary/aromatic N) is 2. The van der Waals surface area contributed by atoms with Crippen LogP contribution in [0, 0.1) is 15.9 Å². The predicted molar refractivity (Wildman–Crippen MR) is 114 cm³/mol. The number of ether oxygens (including phenoxy) is 1. The van der Waals surface area contributed by atoms with Crippen molar-refractivity contribution in [1.82, 2.24) is 5.43 Å². The standard InChI is InChI=1S/C23H16FN3O5/c24-17-8-6-15(7-9-17)14-32-21-11-10-19(27(30)31)12-16(21)13-20-22(28)25-26(23(20)29)18-4-2-1-3-5-18/h1-13H,14H2,(H,25,28)/b20-13+. The molecule has 1 heterocycles. The fraction of sp³-hybridized carbons (Fsp3) is 0.0435. The van der Waals surface area contributed by atoms with Gasteiger partial charge in [0.05, 0.1) is 10.6 Å². The average molecular weight is 433 g/mol. The second kappa shape index (κ2) is 8.68. The summed E-state index contributed by atoms with van der Waals surface area (Å²) in [5.41, 5.74) is 3.39. The van der Waals surface area contributed by atoms with Gasteiger partial charge in [0, 0.05) is 17.7 Å². The highest BCUT2D eigenvalue weighted by molar-refractivity contribution is 6.31. The Balaban J connectivity index is 1.66. The molecule has 2 amide bonds. The minimum Gasteiger partial charge on any atom is -0.488 e. The maximum Gasteiger partial charge on any atom is 0.282 e. The summed E-state index contributed by atoms with van der Waals surface area (Å²) in [5.74, 6) is -1.40. The zero-order valence-corrected chi connectivity index (χ0v) is 16.5. The Morgan fingerprint density at radius 1 is 1.03 bits per heavy atom. The Labute approximate surface area is 181 Å². The van der Waals surface area contributed by atoms with Crippen LogP contribution in [0.1, 0.15) is 11.1 Å². The van der Waals surface area contributed by atoms with E-state index >= 15 is 0 Å². The summed E-state index contributed by atoms with van der Waals surface area (Å²) in [5, 5.41) is 12.3. The molecule has 1 saturated heterocycles. The fourth-order valence-corrected chi connectivity index (χ4v) is 3.11. The number of hydrazine groups is 1. The molecular weight excluding hydrogens is 417 g/mol. The molecule has 1 aliphatic rings. The molecule has 4 rings (SSSR count). The van der Waals surface area contributed by atoms with Crippen LogP contribution < -0.4 is 15.2 Å². The van der Waals surface area contributed by atoms with E-state index in [0.717, 1.165) is 5.01 Å². The molecule has 1 fully saturated rings. The first-order valence-corrected chi connectivity index (χ1v) is 9.50. The molecular formula is C23H16FN3O5. The summed E-state index contributed by atoms with van der Waals surface area (Å²) in [6.07, 6.45) is 1.26. The number of anilines is 1. The molecule has 0 aliphatic carbocycles. The van der Waals surface area contributed by atoms with Gasteiger partial charge < -0.3 is 4.74 Å². The Bertz CT molecular complexity index is 1230. The van der Waals surface area contributed by atoms with Gasteiger partial charge in [-0.15, -0.1) is 0 Å². The van der Waals surface area contributed by atoms with Gasteiger partial charge in [0.25, 0.3) is 17.5 Å². The van der Waals surface area contributed by atoms with Gasteiger partial charge in [-0.1, -0.05) is 30.3 Å². The van der Waals surface area contributed by atoms with Gasteiger partial charge in [-0.25, -0.2) is 9.40 Å². The number of hydrogen-bond acceptors (Lipinski definition) is 5. The summed E-state index contributed by atoms with van der Waals surface area (Å²) >= 11 is 0. The third-order valence-electron chi connectivity index (χ3n) is 4.72. The monoisotopic (exact) mass is 433 g/mol. The van der Waals surface area contributed by atoms with Crippen LogP contribution in [0.5, 0.6) is 5.75 Å². The normalized spacial score (nSPS) is 14.5. The number of non-ortho nitro benzene ring substituents is 1. The summed E-state index contributed by atoms with van der Waals surface area (Å²) in [6, 6.07) is 18.1. The molecule has 1 N–H and O–H groups in total. The van der Waals surface area contributed by atoms with Gasteiger partial charge >= 0.3 is 0 Å². The van der Waals surface area contributed by atoms with E-state index in [0.29, 0.717) is 11.3 Å². The lowest BCUT2D eigenvalue weighted by Crippen LogP contribution is -2.35. The molecule has 0 aromatic heterocycles. The van der Waals surface area contributed by atoms with E-state index in [1.165, 1.54) is 36.4 Å². The first-order chi connectivity index (χ1) is 15.4. The first-order valence-electron chi connectivity index (χ1n) is 9.50. The fourth-order valence-electron chi connectivity index (χ4n) is 3.11. The highest BCUT2D eigenvalue weighted by atomic mass is 19.1. The quantitative estimate of drug-likeness (QED) is 0.276. The molecule has 3 aromatic rings. The van der Waals surface area contributed by atoms with Crippen LogP contribution in [0.4, 0.5) is 15.8 Å². The summed E-state index contributed by atoms with van der Waals surface area (Å²) in [6.45, 7) is 0.0601. The SMILES string of the molecule is O=C1NN(c2ccccc2)C(=O)/C1=C/c1cc([N+](=O)[O-])ccc1OCc1ccc(F)cc1. The zero-order valence-electron chi connectivity index (χ0n) is 16.5. The van der Waals surface area contributed by atoms with Gasteiger partial charge in [-0.2, -0.15) is 0 Å². The van der Waals surface area contributed by atoms with Crippen molar-refractivity contribution in [3.05, 3.63) is 105 Å². The third kappa shape index (κ3) is 4.31. The van der Waals surface area contributed by atoms with Crippen LogP contribution >= 0.6 is 0 Å². The van der Waals surface area contributed by atoms with Crippen molar-refractivity contribution in [2.75, 3.05) is 5.01 Å². The van der Waals surface area contributed by atoms with E-state index in [2.05, 4.69) is 5.43 Å². The minimum absolute atomic E-state index is 0.0601. The molecule has 0 saturated carbocycles. The smallest absolute Gasteiger partial charge is 0.282 e. The lowest BCUT2D eigenvalue weighted by Gasteiger charge is -2.14. The number of carbonyl (C=O) groups excluding carboxylic acids is 2. The van der Waals surface area contributed by atoms with Crippen molar-refractivity contribution in [3.8, 4) is 5.75 Å². The maximum absolute atomic E-state index is 13.1. The molecule has 8 nitrogen and oxygen atoms in total. The van der Waals surface area contributed by atoms with Crippen LogP contribution in [0.15, 0.2) is 78.4 Å². The van der Waals surface area contributed by atoms with Gasteiger partial charge in [0.1, 0.15) is 23.7 Å². The van der Waals surface area contributed by atoms with E-state index in [9.17, 15) is 24.1 Å². The predicted octanol–water partition coefficient (Wildman–Crippen LogP) is 3.77. The number of nitro benzene ring substituents is 1. The summed E-state index contributed by atoms with van der Waals surface area (Å²) in [7, 11) is 0. The third-order valence-corrected chi connectivity index (χ3v) is 4.72. The molecule has 0 atom stereocenters. The summed E-state index contributed by atoms with van der Waals surface area (Å²) < 4.78 is 18.8. The Morgan fingerprint density at radius 2 is 1.75 bits per heavy atom. The Kier molecular flexibility index (Phi) is 5.63. The van der Waals surface area contributed by atoms with Crippen LogP contribution in [-0.2, 0) is 16.2 Å². The molecule has 0 radical (unpaired) electrons. The Hall–Kier alpha value is -4.53. The molecule has 9 heteroatoms. The van der Waals surface area contributed by atoms with Gasteiger partial charge in [-0.3, -0.25) is 25.1 Å². The molecule has 3 aromatic carbocycles. The average Bonchev–Trinajstić information content (AvgIpc) is 3.08. The van der Waals surface area contributed by atoms with E-state index in [-0.39, 0.29) is 35.0 Å². The zero-order chi connectivity index (χ0) is 22.7. The highest BCUT2D eigenvalue weighted by Gasteiger charge is 2.34. The number of para-hydroxylation sites is 1. The van der Waals surface area contributed by atoms with Gasteiger partial charge in [-0.05, 0) is 42.0 Å². The summed E-state index contributed by atoms with van der Waals surface area (Å²) in [4.78, 5) is 35.9. The Morgan fingerprint density at radius 3 is 2.44 bits per heavy atom. The second-order valence-corrected chi connectivity index (χ2v) is 6.87. The molecule has 0 spiro atoms. The lowest BCUT2D eigenvalue weighted by molar-refractivity contribution is -0.384. The van der Waals surface area contributed by atoms with Crippen LogP contribution in [0.3, 0.4) is 0 Å². The van der Waals surface area contributed by atoms with Crippen molar-refractivity contribution in [3.63, 3.8) is 0 Å². The van der Waals surface area contributed by atoms with Crippen molar-refractivity contribution in [2.24, 2.45) is 0 Å². The van der Waals surface area contributed by atoms with Gasteiger partial charge in [0.2, 0.25) is 0 Å². The number of amides is 2. The minimum atomic E-state index is -0.644. The van der Waals surface area contributed by atoms with Crippen LogP contribution in [-0.4, -0.2) is 16.7 Å². The molecule has 0 bridgehead atoms. The van der Waals surface area contributed by atoms with E-state index in [1.54, 1.807) is 42.5 Å². The number of halogens is 1. The van der Waals surface area contributed by atoms with Crippen LogP contribution in [0.2, 0.25) is 0 Å². The van der Waals surface area contributed by atoms with Crippen LogP contribution in [0.25, 0.3) is 6.08 Å². The second-order valence-electron chi connectivity index (χ2n) is 6.87. The lowest BCUT2D eigenvalue weighted by atomic mass is 10.1. The van der Waals surface area contributed by atoms with E-state index in [4.69, 9.17) is 4.74 Å². The van der Waals surface area contributed by atoms with Crippen molar-refractivity contribution >= 4 is 29.3 Å². The molecule has 32 heavy (non-hydrogen) atoms. The van der Waals surface area contributed by atoms with Crippen molar-refractivity contribution < 1.29 is 23.6 Å². The number of rotatable bonds is 6. The van der Waals surface area contributed by atoms with Crippen molar-refractivity contribution in [2.45, 2.75) is 6.61 Å². The van der Waals surface area contributed by atoms with Crippen molar-refractivity contribution in [1.29, 1.82) is 0 Å². The van der Waals surface area contributed by atoms with E-state index < -0.39 is 16.7 Å². The molecule has 0 unspecified atom stereocenters. The number of benzene rings is 3. The number of hydrogen-bond donors (Lipinski definition) is 1. The maximum atomic E-state index is 13.1. The molecule has 160 valence electrons. The number of nitro groups is 1. The first kappa shape index (κ1) is 20.7. The number of carbonyl (C=O) groups is 2. The van der Waals surface area contributed by atoms with Gasteiger partial charge in [0.15, 0.2) is 0 Å². The number of nitrogens with one attached hydrogen (secondary N) is 1. The topological polar surface area (TPSA) is 102 Å². The molecule has 1 aliphatic heterocycles.